The molecule has 6 heteroatoms. The molecule has 1 aromatic heterocycles. The SMILES string of the molecule is O=C(COc1cc(Cl)cc(Cl)c1)NCc1cccs1. The third kappa shape index (κ3) is 4.74. The molecule has 1 N–H and O–H groups in total. The maximum Gasteiger partial charge on any atom is 0.258 e. The molecule has 0 fully saturated rings. The minimum atomic E-state index is -0.190. The van der Waals surface area contributed by atoms with E-state index < -0.39 is 0 Å². The second-order valence-corrected chi connectivity index (χ2v) is 5.66. The van der Waals surface area contributed by atoms with Crippen molar-refractivity contribution in [1.29, 1.82) is 0 Å². The van der Waals surface area contributed by atoms with Gasteiger partial charge in [-0.1, -0.05) is 29.3 Å². The summed E-state index contributed by atoms with van der Waals surface area (Å²) in [5.41, 5.74) is 0. The van der Waals surface area contributed by atoms with E-state index >= 15 is 0 Å². The standard InChI is InChI=1S/C13H11Cl2NO2S/c14-9-4-10(15)6-11(5-9)18-8-13(17)16-7-12-2-1-3-19-12/h1-6H,7-8H2,(H,16,17). The zero-order valence-corrected chi connectivity index (χ0v) is 12.2. The fourth-order valence-electron chi connectivity index (χ4n) is 1.41. The van der Waals surface area contributed by atoms with Crippen molar-refractivity contribution in [2.45, 2.75) is 6.54 Å². The topological polar surface area (TPSA) is 38.3 Å². The summed E-state index contributed by atoms with van der Waals surface area (Å²) in [6, 6.07) is 8.73. The molecule has 0 saturated carbocycles. The van der Waals surface area contributed by atoms with Crippen molar-refractivity contribution in [2.24, 2.45) is 0 Å². The van der Waals surface area contributed by atoms with Crippen LogP contribution in [-0.4, -0.2) is 12.5 Å². The van der Waals surface area contributed by atoms with E-state index in [4.69, 9.17) is 27.9 Å². The second-order valence-electron chi connectivity index (χ2n) is 3.75. The first kappa shape index (κ1) is 14.2. The Bertz CT molecular complexity index is 538. The van der Waals surface area contributed by atoms with Crippen LogP contribution in [0.5, 0.6) is 5.75 Å². The Morgan fingerprint density at radius 1 is 1.26 bits per heavy atom. The highest BCUT2D eigenvalue weighted by molar-refractivity contribution is 7.09. The first-order chi connectivity index (χ1) is 9.13. The molecule has 2 aromatic rings. The highest BCUT2D eigenvalue weighted by Gasteiger charge is 2.05. The molecule has 19 heavy (non-hydrogen) atoms. The fourth-order valence-corrected chi connectivity index (χ4v) is 2.56. The zero-order valence-electron chi connectivity index (χ0n) is 9.86. The van der Waals surface area contributed by atoms with Crippen LogP contribution in [0.4, 0.5) is 0 Å². The van der Waals surface area contributed by atoms with Crippen molar-refractivity contribution in [3.63, 3.8) is 0 Å². The quantitative estimate of drug-likeness (QED) is 0.912. The highest BCUT2D eigenvalue weighted by atomic mass is 35.5. The molecule has 1 amide bonds. The molecule has 0 aliphatic heterocycles. The molecule has 2 rings (SSSR count). The van der Waals surface area contributed by atoms with Crippen LogP contribution < -0.4 is 10.1 Å². The third-order valence-electron chi connectivity index (χ3n) is 2.25. The third-order valence-corrected chi connectivity index (χ3v) is 3.56. The molecule has 0 saturated heterocycles. The molecule has 0 atom stereocenters. The summed E-state index contributed by atoms with van der Waals surface area (Å²) in [7, 11) is 0. The number of halogens is 2. The van der Waals surface area contributed by atoms with Crippen LogP contribution in [-0.2, 0) is 11.3 Å². The molecular weight excluding hydrogens is 305 g/mol. The Morgan fingerprint density at radius 2 is 2.00 bits per heavy atom. The van der Waals surface area contributed by atoms with Crippen LogP contribution in [0.3, 0.4) is 0 Å². The summed E-state index contributed by atoms with van der Waals surface area (Å²) >= 11 is 13.3. The lowest BCUT2D eigenvalue weighted by Crippen LogP contribution is -2.28. The number of hydrogen-bond donors (Lipinski definition) is 1. The predicted octanol–water partition coefficient (Wildman–Crippen LogP) is 3.75. The molecule has 100 valence electrons. The molecule has 0 radical (unpaired) electrons. The zero-order chi connectivity index (χ0) is 13.7. The summed E-state index contributed by atoms with van der Waals surface area (Å²) in [5.74, 6) is 0.285. The normalized spacial score (nSPS) is 10.2. The molecule has 0 unspecified atom stereocenters. The number of amides is 1. The van der Waals surface area contributed by atoms with Crippen molar-refractivity contribution in [1.82, 2.24) is 5.32 Å². The Balaban J connectivity index is 1.79. The van der Waals surface area contributed by atoms with Crippen LogP contribution in [0.25, 0.3) is 0 Å². The molecular formula is C13H11Cl2NO2S. The van der Waals surface area contributed by atoms with E-state index in [1.807, 2.05) is 17.5 Å². The molecule has 0 aliphatic rings. The Labute approximate surface area is 125 Å². The average Bonchev–Trinajstić information content (AvgIpc) is 2.86. The van der Waals surface area contributed by atoms with Crippen LogP contribution >= 0.6 is 34.5 Å². The molecule has 0 spiro atoms. The minimum absolute atomic E-state index is 0.0674. The van der Waals surface area contributed by atoms with Gasteiger partial charge in [0, 0.05) is 14.9 Å². The van der Waals surface area contributed by atoms with E-state index in [1.165, 1.54) is 0 Å². The van der Waals surface area contributed by atoms with Gasteiger partial charge in [-0.2, -0.15) is 0 Å². The van der Waals surface area contributed by atoms with Crippen LogP contribution in [0.1, 0.15) is 4.88 Å². The van der Waals surface area contributed by atoms with Gasteiger partial charge in [0.25, 0.3) is 5.91 Å². The van der Waals surface area contributed by atoms with Gasteiger partial charge in [0.15, 0.2) is 6.61 Å². The van der Waals surface area contributed by atoms with Gasteiger partial charge < -0.3 is 10.1 Å². The van der Waals surface area contributed by atoms with Crippen molar-refractivity contribution in [3.05, 3.63) is 50.6 Å². The van der Waals surface area contributed by atoms with Gasteiger partial charge in [-0.05, 0) is 29.6 Å². The van der Waals surface area contributed by atoms with Gasteiger partial charge in [-0.15, -0.1) is 11.3 Å². The largest absolute Gasteiger partial charge is 0.484 e. The maximum absolute atomic E-state index is 11.6. The van der Waals surface area contributed by atoms with Crippen LogP contribution in [0.15, 0.2) is 35.7 Å². The van der Waals surface area contributed by atoms with Crippen LogP contribution in [0.2, 0.25) is 10.0 Å². The smallest absolute Gasteiger partial charge is 0.258 e. The van der Waals surface area contributed by atoms with Gasteiger partial charge in [-0.25, -0.2) is 0 Å². The summed E-state index contributed by atoms with van der Waals surface area (Å²) in [5, 5.41) is 5.68. The number of carbonyl (C=O) groups is 1. The fraction of sp³-hybridized carbons (Fsp3) is 0.154. The molecule has 0 bridgehead atoms. The van der Waals surface area contributed by atoms with Gasteiger partial charge in [0.2, 0.25) is 0 Å². The van der Waals surface area contributed by atoms with Crippen molar-refractivity contribution >= 4 is 40.4 Å². The van der Waals surface area contributed by atoms with Gasteiger partial charge in [-0.3, -0.25) is 4.79 Å². The lowest BCUT2D eigenvalue weighted by atomic mass is 10.3. The van der Waals surface area contributed by atoms with E-state index in [2.05, 4.69) is 5.32 Å². The number of hydrogen-bond acceptors (Lipinski definition) is 3. The van der Waals surface area contributed by atoms with Crippen molar-refractivity contribution in [2.75, 3.05) is 6.61 Å². The van der Waals surface area contributed by atoms with Crippen molar-refractivity contribution < 1.29 is 9.53 Å². The molecule has 1 heterocycles. The van der Waals surface area contributed by atoms with E-state index in [-0.39, 0.29) is 12.5 Å². The molecule has 0 aliphatic carbocycles. The maximum atomic E-state index is 11.6. The van der Waals surface area contributed by atoms with Gasteiger partial charge >= 0.3 is 0 Å². The number of ether oxygens (including phenoxy) is 1. The van der Waals surface area contributed by atoms with Crippen LogP contribution in [0, 0.1) is 0 Å². The number of nitrogens with one attached hydrogen (secondary N) is 1. The summed E-state index contributed by atoms with van der Waals surface area (Å²) in [4.78, 5) is 12.7. The predicted molar refractivity (Wildman–Crippen MR) is 78.1 cm³/mol. The first-order valence-electron chi connectivity index (χ1n) is 5.51. The average molecular weight is 316 g/mol. The van der Waals surface area contributed by atoms with E-state index in [1.54, 1.807) is 29.5 Å². The number of rotatable bonds is 5. The number of thiophene rings is 1. The van der Waals surface area contributed by atoms with Gasteiger partial charge in [0.1, 0.15) is 5.75 Å². The summed E-state index contributed by atoms with van der Waals surface area (Å²) in [6.07, 6.45) is 0. The highest BCUT2D eigenvalue weighted by Crippen LogP contribution is 2.23. The molecule has 1 aromatic carbocycles. The molecule has 3 nitrogen and oxygen atoms in total. The van der Waals surface area contributed by atoms with E-state index in [0.717, 1.165) is 4.88 Å². The monoisotopic (exact) mass is 315 g/mol. The first-order valence-corrected chi connectivity index (χ1v) is 7.15. The van der Waals surface area contributed by atoms with Crippen molar-refractivity contribution in [3.8, 4) is 5.75 Å². The Morgan fingerprint density at radius 3 is 2.63 bits per heavy atom. The Hall–Kier alpha value is -1.23. The van der Waals surface area contributed by atoms with E-state index in [0.29, 0.717) is 22.3 Å². The Kier molecular flexibility index (Phi) is 5.07. The minimum Gasteiger partial charge on any atom is -0.484 e. The summed E-state index contributed by atoms with van der Waals surface area (Å²) < 4.78 is 5.32. The van der Waals surface area contributed by atoms with E-state index in [9.17, 15) is 4.79 Å². The second kappa shape index (κ2) is 6.80. The number of benzene rings is 1. The van der Waals surface area contributed by atoms with Gasteiger partial charge in [0.05, 0.1) is 6.54 Å². The number of carbonyl (C=O) groups excluding carboxylic acids is 1. The summed E-state index contributed by atoms with van der Waals surface area (Å²) in [6.45, 7) is 0.443. The lowest BCUT2D eigenvalue weighted by molar-refractivity contribution is -0.123. The lowest BCUT2D eigenvalue weighted by Gasteiger charge is -2.07.